The zero-order chi connectivity index (χ0) is 15.2. The Morgan fingerprint density at radius 2 is 1.90 bits per heavy atom. The zero-order valence-corrected chi connectivity index (χ0v) is 13.0. The summed E-state index contributed by atoms with van der Waals surface area (Å²) >= 11 is 6.01. The van der Waals surface area contributed by atoms with Gasteiger partial charge in [0.05, 0.1) is 0 Å². The van der Waals surface area contributed by atoms with Gasteiger partial charge in [0.15, 0.2) is 0 Å². The van der Waals surface area contributed by atoms with E-state index in [4.69, 9.17) is 16.3 Å². The highest BCUT2D eigenvalue weighted by Gasteiger charge is 2.07. The third kappa shape index (κ3) is 4.19. The Balaban J connectivity index is 2.02. The molecule has 1 atom stereocenters. The van der Waals surface area contributed by atoms with E-state index in [9.17, 15) is 4.39 Å². The monoisotopic (exact) mass is 307 g/mol. The van der Waals surface area contributed by atoms with Crippen molar-refractivity contribution in [1.82, 2.24) is 5.32 Å². The van der Waals surface area contributed by atoms with Crippen LogP contribution in [0.2, 0.25) is 5.02 Å². The first-order chi connectivity index (χ1) is 10.1. The van der Waals surface area contributed by atoms with E-state index < -0.39 is 0 Å². The average molecular weight is 308 g/mol. The quantitative estimate of drug-likeness (QED) is 0.833. The highest BCUT2D eigenvalue weighted by Crippen LogP contribution is 2.22. The SMILES string of the molecule is CCC(NC)c1ccc(OCc2cc(F)ccc2Cl)cc1. The molecule has 0 heterocycles. The minimum atomic E-state index is -0.312. The van der Waals surface area contributed by atoms with Crippen molar-refractivity contribution in [2.75, 3.05) is 7.05 Å². The standard InChI is InChI=1S/C17H19ClFNO/c1-3-17(20-2)12-4-7-15(8-5-12)21-11-13-10-14(19)6-9-16(13)18/h4-10,17,20H,3,11H2,1-2H3. The second kappa shape index (κ2) is 7.43. The summed E-state index contributed by atoms with van der Waals surface area (Å²) in [7, 11) is 1.95. The number of benzene rings is 2. The molecule has 21 heavy (non-hydrogen) atoms. The number of hydrogen-bond acceptors (Lipinski definition) is 2. The molecule has 0 saturated heterocycles. The van der Waals surface area contributed by atoms with E-state index in [2.05, 4.69) is 12.2 Å². The molecule has 2 aromatic carbocycles. The Hall–Kier alpha value is -1.58. The predicted octanol–water partition coefficient (Wildman–Crippen LogP) is 4.73. The first kappa shape index (κ1) is 15.8. The van der Waals surface area contributed by atoms with E-state index in [-0.39, 0.29) is 12.4 Å². The van der Waals surface area contributed by atoms with Crippen LogP contribution in [0.4, 0.5) is 4.39 Å². The van der Waals surface area contributed by atoms with Gasteiger partial charge in [0, 0.05) is 16.6 Å². The van der Waals surface area contributed by atoms with Crippen molar-refractivity contribution in [3.63, 3.8) is 0 Å². The van der Waals surface area contributed by atoms with Crippen LogP contribution in [0.15, 0.2) is 42.5 Å². The maximum atomic E-state index is 13.2. The van der Waals surface area contributed by atoms with Crippen LogP contribution in [0.1, 0.15) is 30.5 Å². The van der Waals surface area contributed by atoms with Gasteiger partial charge in [-0.2, -0.15) is 0 Å². The van der Waals surface area contributed by atoms with Gasteiger partial charge in [-0.3, -0.25) is 0 Å². The third-order valence-corrected chi connectivity index (χ3v) is 3.81. The van der Waals surface area contributed by atoms with Gasteiger partial charge in [0.1, 0.15) is 18.2 Å². The molecule has 112 valence electrons. The molecule has 2 aromatic rings. The summed E-state index contributed by atoms with van der Waals surface area (Å²) in [4.78, 5) is 0. The molecule has 0 amide bonds. The Morgan fingerprint density at radius 3 is 2.52 bits per heavy atom. The summed E-state index contributed by atoms with van der Waals surface area (Å²) in [6.07, 6.45) is 1.02. The van der Waals surface area contributed by atoms with Crippen LogP contribution in [0, 0.1) is 5.82 Å². The Labute approximate surface area is 129 Å². The largest absolute Gasteiger partial charge is 0.489 e. The molecule has 2 nitrogen and oxygen atoms in total. The molecule has 0 aliphatic rings. The predicted molar refractivity (Wildman–Crippen MR) is 84.3 cm³/mol. The lowest BCUT2D eigenvalue weighted by Crippen LogP contribution is -2.14. The molecule has 0 aromatic heterocycles. The average Bonchev–Trinajstić information content (AvgIpc) is 2.51. The maximum absolute atomic E-state index is 13.2. The number of rotatable bonds is 6. The van der Waals surface area contributed by atoms with Gasteiger partial charge in [-0.15, -0.1) is 0 Å². The number of halogens is 2. The van der Waals surface area contributed by atoms with Gasteiger partial charge < -0.3 is 10.1 Å². The molecule has 1 unspecified atom stereocenters. The molecule has 2 rings (SSSR count). The highest BCUT2D eigenvalue weighted by molar-refractivity contribution is 6.31. The van der Waals surface area contributed by atoms with Crippen LogP contribution < -0.4 is 10.1 Å². The van der Waals surface area contributed by atoms with E-state index in [1.807, 2.05) is 31.3 Å². The van der Waals surface area contributed by atoms with Crippen molar-refractivity contribution < 1.29 is 9.13 Å². The lowest BCUT2D eigenvalue weighted by molar-refractivity contribution is 0.305. The van der Waals surface area contributed by atoms with Gasteiger partial charge in [-0.05, 0) is 49.4 Å². The van der Waals surface area contributed by atoms with Crippen LogP contribution in [-0.2, 0) is 6.61 Å². The van der Waals surface area contributed by atoms with Crippen molar-refractivity contribution in [2.45, 2.75) is 26.0 Å². The van der Waals surface area contributed by atoms with Crippen LogP contribution in [-0.4, -0.2) is 7.05 Å². The van der Waals surface area contributed by atoms with Gasteiger partial charge in [0.2, 0.25) is 0 Å². The molecule has 0 fully saturated rings. The van der Waals surface area contributed by atoms with Gasteiger partial charge in [-0.25, -0.2) is 4.39 Å². The molecule has 0 bridgehead atoms. The smallest absolute Gasteiger partial charge is 0.123 e. The minimum absolute atomic E-state index is 0.249. The summed E-state index contributed by atoms with van der Waals surface area (Å²) in [5.41, 5.74) is 1.86. The molecular formula is C17H19ClFNO. The van der Waals surface area contributed by atoms with Crippen LogP contribution >= 0.6 is 11.6 Å². The van der Waals surface area contributed by atoms with Crippen molar-refractivity contribution in [1.29, 1.82) is 0 Å². The Kier molecular flexibility index (Phi) is 5.59. The molecule has 0 spiro atoms. The first-order valence-corrected chi connectivity index (χ1v) is 7.35. The van der Waals surface area contributed by atoms with Crippen molar-refractivity contribution in [3.8, 4) is 5.75 Å². The minimum Gasteiger partial charge on any atom is -0.489 e. The maximum Gasteiger partial charge on any atom is 0.123 e. The molecule has 1 N–H and O–H groups in total. The van der Waals surface area contributed by atoms with Crippen molar-refractivity contribution in [3.05, 3.63) is 64.4 Å². The summed E-state index contributed by atoms with van der Waals surface area (Å²) in [5.74, 6) is 0.429. The van der Waals surface area contributed by atoms with E-state index in [0.29, 0.717) is 16.6 Å². The molecule has 4 heteroatoms. The van der Waals surface area contributed by atoms with Gasteiger partial charge >= 0.3 is 0 Å². The molecular weight excluding hydrogens is 289 g/mol. The van der Waals surface area contributed by atoms with Crippen LogP contribution in [0.5, 0.6) is 5.75 Å². The number of hydrogen-bond donors (Lipinski definition) is 1. The summed E-state index contributed by atoms with van der Waals surface area (Å²) in [6.45, 7) is 2.39. The number of ether oxygens (including phenoxy) is 1. The number of nitrogens with one attached hydrogen (secondary N) is 1. The Bertz CT molecular complexity index is 582. The first-order valence-electron chi connectivity index (χ1n) is 6.98. The van der Waals surface area contributed by atoms with E-state index >= 15 is 0 Å². The van der Waals surface area contributed by atoms with Gasteiger partial charge in [-0.1, -0.05) is 30.7 Å². The molecule has 0 saturated carbocycles. The van der Waals surface area contributed by atoms with Crippen LogP contribution in [0.25, 0.3) is 0 Å². The Morgan fingerprint density at radius 1 is 1.19 bits per heavy atom. The third-order valence-electron chi connectivity index (χ3n) is 3.44. The fourth-order valence-electron chi connectivity index (χ4n) is 2.22. The summed E-state index contributed by atoms with van der Waals surface area (Å²) in [5, 5.41) is 3.77. The van der Waals surface area contributed by atoms with E-state index in [0.717, 1.165) is 12.2 Å². The highest BCUT2D eigenvalue weighted by atomic mass is 35.5. The zero-order valence-electron chi connectivity index (χ0n) is 12.2. The lowest BCUT2D eigenvalue weighted by Gasteiger charge is -2.15. The fraction of sp³-hybridized carbons (Fsp3) is 0.294. The van der Waals surface area contributed by atoms with Crippen LogP contribution in [0.3, 0.4) is 0 Å². The lowest BCUT2D eigenvalue weighted by atomic mass is 10.0. The van der Waals surface area contributed by atoms with Crippen molar-refractivity contribution in [2.24, 2.45) is 0 Å². The second-order valence-electron chi connectivity index (χ2n) is 4.84. The summed E-state index contributed by atoms with van der Waals surface area (Å²) in [6, 6.07) is 12.5. The normalized spacial score (nSPS) is 12.2. The molecule has 0 radical (unpaired) electrons. The molecule has 0 aliphatic carbocycles. The van der Waals surface area contributed by atoms with E-state index in [1.165, 1.54) is 23.8 Å². The fourth-order valence-corrected chi connectivity index (χ4v) is 2.39. The topological polar surface area (TPSA) is 21.3 Å². The van der Waals surface area contributed by atoms with Crippen molar-refractivity contribution >= 4 is 11.6 Å². The second-order valence-corrected chi connectivity index (χ2v) is 5.25. The molecule has 0 aliphatic heterocycles. The van der Waals surface area contributed by atoms with Gasteiger partial charge in [0.25, 0.3) is 0 Å². The summed E-state index contributed by atoms with van der Waals surface area (Å²) < 4.78 is 18.8. The van der Waals surface area contributed by atoms with E-state index in [1.54, 1.807) is 0 Å².